The highest BCUT2D eigenvalue weighted by atomic mass is 16.5. The number of methoxy groups -OCH3 is 1. The van der Waals surface area contributed by atoms with E-state index in [1.54, 1.807) is 7.11 Å². The largest absolute Gasteiger partial charge is 0.497 e. The van der Waals surface area contributed by atoms with Crippen LogP contribution < -0.4 is 10.5 Å². The number of hydrogen-bond acceptors (Lipinski definition) is 4. The van der Waals surface area contributed by atoms with Crippen LogP contribution in [0.15, 0.2) is 24.3 Å². The van der Waals surface area contributed by atoms with Crippen LogP contribution in [0, 0.1) is 0 Å². The third-order valence-electron chi connectivity index (χ3n) is 4.46. The molecule has 0 spiro atoms. The van der Waals surface area contributed by atoms with Crippen LogP contribution in [0.3, 0.4) is 0 Å². The van der Waals surface area contributed by atoms with Gasteiger partial charge in [-0.15, -0.1) is 0 Å². The molecule has 2 unspecified atom stereocenters. The number of benzene rings is 1. The summed E-state index contributed by atoms with van der Waals surface area (Å²) in [5.41, 5.74) is 7.49. The van der Waals surface area contributed by atoms with E-state index in [1.807, 2.05) is 18.2 Å². The van der Waals surface area contributed by atoms with Crippen molar-refractivity contribution in [1.82, 2.24) is 9.80 Å². The molecule has 0 bridgehead atoms. The minimum Gasteiger partial charge on any atom is -0.497 e. The highest BCUT2D eigenvalue weighted by molar-refractivity contribution is 5.30. The van der Waals surface area contributed by atoms with Gasteiger partial charge in [-0.3, -0.25) is 4.90 Å². The van der Waals surface area contributed by atoms with Crippen molar-refractivity contribution in [3.63, 3.8) is 0 Å². The zero-order valence-corrected chi connectivity index (χ0v) is 13.6. The molecular weight excluding hydrogens is 262 g/mol. The fourth-order valence-corrected chi connectivity index (χ4v) is 3.27. The molecule has 0 aromatic heterocycles. The molecule has 4 nitrogen and oxygen atoms in total. The second kappa shape index (κ2) is 7.78. The van der Waals surface area contributed by atoms with Crippen LogP contribution in [-0.2, 0) is 0 Å². The van der Waals surface area contributed by atoms with Gasteiger partial charge < -0.3 is 15.4 Å². The molecule has 0 saturated carbocycles. The fraction of sp³-hybridized carbons (Fsp3) is 0.647. The second-order valence-corrected chi connectivity index (χ2v) is 6.03. The molecule has 118 valence electrons. The molecule has 0 aliphatic carbocycles. The topological polar surface area (TPSA) is 41.7 Å². The molecule has 4 heteroatoms. The number of nitrogens with zero attached hydrogens (tertiary/aromatic N) is 2. The summed E-state index contributed by atoms with van der Waals surface area (Å²) in [4.78, 5) is 4.94. The Hall–Kier alpha value is -1.10. The van der Waals surface area contributed by atoms with Crippen LogP contribution in [0.1, 0.15) is 31.4 Å². The Morgan fingerprint density at radius 2 is 2.29 bits per heavy atom. The zero-order chi connectivity index (χ0) is 15.2. The quantitative estimate of drug-likeness (QED) is 0.835. The van der Waals surface area contributed by atoms with Gasteiger partial charge in [-0.1, -0.05) is 19.1 Å². The van der Waals surface area contributed by atoms with E-state index in [4.69, 9.17) is 10.5 Å². The van der Waals surface area contributed by atoms with Gasteiger partial charge in [0.25, 0.3) is 0 Å². The number of hydrogen-bond donors (Lipinski definition) is 1. The summed E-state index contributed by atoms with van der Waals surface area (Å²) < 4.78 is 5.27. The molecule has 21 heavy (non-hydrogen) atoms. The van der Waals surface area contributed by atoms with Crippen LogP contribution in [0.25, 0.3) is 0 Å². The maximum absolute atomic E-state index is 6.35. The van der Waals surface area contributed by atoms with E-state index in [1.165, 1.54) is 19.4 Å². The molecular formula is C17H29N3O. The third kappa shape index (κ3) is 4.43. The molecule has 2 atom stereocenters. The monoisotopic (exact) mass is 291 g/mol. The zero-order valence-electron chi connectivity index (χ0n) is 13.6. The Balaban J connectivity index is 1.87. The van der Waals surface area contributed by atoms with Crippen molar-refractivity contribution in [3.05, 3.63) is 29.8 Å². The lowest BCUT2D eigenvalue weighted by molar-refractivity contribution is 0.193. The van der Waals surface area contributed by atoms with Gasteiger partial charge in [0, 0.05) is 25.2 Å². The van der Waals surface area contributed by atoms with Gasteiger partial charge in [-0.2, -0.15) is 0 Å². The van der Waals surface area contributed by atoms with Gasteiger partial charge in [0.1, 0.15) is 5.75 Å². The normalized spacial score (nSPS) is 20.9. The number of nitrogens with two attached hydrogens (primary N) is 1. The van der Waals surface area contributed by atoms with Crippen molar-refractivity contribution in [2.24, 2.45) is 5.73 Å². The van der Waals surface area contributed by atoms with E-state index in [9.17, 15) is 0 Å². The molecule has 1 saturated heterocycles. The Morgan fingerprint density at radius 3 is 3.00 bits per heavy atom. The summed E-state index contributed by atoms with van der Waals surface area (Å²) in [6.07, 6.45) is 2.64. The van der Waals surface area contributed by atoms with Crippen LogP contribution in [0.2, 0.25) is 0 Å². The summed E-state index contributed by atoms with van der Waals surface area (Å²) in [5.74, 6) is 0.874. The van der Waals surface area contributed by atoms with Gasteiger partial charge in [0.2, 0.25) is 0 Å². The molecule has 1 aromatic rings. The van der Waals surface area contributed by atoms with Gasteiger partial charge in [0.05, 0.1) is 7.11 Å². The standard InChI is InChI=1S/C17H29N3O/c1-4-20-10-6-8-15(20)12-19(2)13-17(18)14-7-5-9-16(11-14)21-3/h5,7,9,11,15,17H,4,6,8,10,12-13,18H2,1-3H3. The number of likely N-dealkylation sites (tertiary alicyclic amines) is 1. The van der Waals surface area contributed by atoms with Gasteiger partial charge in [0.15, 0.2) is 0 Å². The molecule has 1 aromatic carbocycles. The number of ether oxygens (including phenoxy) is 1. The number of rotatable bonds is 7. The SMILES string of the molecule is CCN1CCCC1CN(C)CC(N)c1cccc(OC)c1. The highest BCUT2D eigenvalue weighted by Crippen LogP contribution is 2.20. The summed E-state index contributed by atoms with van der Waals surface area (Å²) in [6, 6.07) is 8.79. The summed E-state index contributed by atoms with van der Waals surface area (Å²) >= 11 is 0. The van der Waals surface area contributed by atoms with Gasteiger partial charge >= 0.3 is 0 Å². The van der Waals surface area contributed by atoms with Crippen molar-refractivity contribution in [2.75, 3.05) is 40.3 Å². The van der Waals surface area contributed by atoms with Crippen molar-refractivity contribution in [2.45, 2.75) is 31.8 Å². The highest BCUT2D eigenvalue weighted by Gasteiger charge is 2.24. The average Bonchev–Trinajstić information content (AvgIpc) is 2.94. The van der Waals surface area contributed by atoms with Gasteiger partial charge in [-0.05, 0) is 50.7 Å². The molecule has 1 aliphatic heterocycles. The van der Waals surface area contributed by atoms with Crippen LogP contribution in [0.4, 0.5) is 0 Å². The molecule has 2 rings (SSSR count). The van der Waals surface area contributed by atoms with Crippen LogP contribution in [0.5, 0.6) is 5.75 Å². The van der Waals surface area contributed by atoms with E-state index in [-0.39, 0.29) is 6.04 Å². The fourth-order valence-electron chi connectivity index (χ4n) is 3.27. The predicted molar refractivity (Wildman–Crippen MR) is 87.7 cm³/mol. The second-order valence-electron chi connectivity index (χ2n) is 6.03. The smallest absolute Gasteiger partial charge is 0.119 e. The molecule has 1 heterocycles. The van der Waals surface area contributed by atoms with E-state index in [2.05, 4.69) is 29.8 Å². The average molecular weight is 291 g/mol. The Kier molecular flexibility index (Phi) is 6.03. The van der Waals surface area contributed by atoms with E-state index in [0.717, 1.165) is 30.9 Å². The lowest BCUT2D eigenvalue weighted by atomic mass is 10.1. The minimum absolute atomic E-state index is 0.0292. The first kappa shape index (κ1) is 16.3. The molecule has 0 amide bonds. The Bertz CT molecular complexity index is 438. The van der Waals surface area contributed by atoms with Crippen molar-refractivity contribution in [3.8, 4) is 5.75 Å². The van der Waals surface area contributed by atoms with Crippen LogP contribution >= 0.6 is 0 Å². The van der Waals surface area contributed by atoms with Crippen molar-refractivity contribution in [1.29, 1.82) is 0 Å². The summed E-state index contributed by atoms with van der Waals surface area (Å²) in [6.45, 7) is 6.63. The lowest BCUT2D eigenvalue weighted by Gasteiger charge is -2.29. The minimum atomic E-state index is 0.0292. The van der Waals surface area contributed by atoms with Crippen molar-refractivity contribution < 1.29 is 4.74 Å². The maximum atomic E-state index is 6.35. The predicted octanol–water partition coefficient (Wildman–Crippen LogP) is 2.11. The van der Waals surface area contributed by atoms with Crippen molar-refractivity contribution >= 4 is 0 Å². The maximum Gasteiger partial charge on any atom is 0.119 e. The lowest BCUT2D eigenvalue weighted by Crippen LogP contribution is -2.41. The summed E-state index contributed by atoms with van der Waals surface area (Å²) in [5, 5.41) is 0. The first-order valence-corrected chi connectivity index (χ1v) is 7.96. The Labute approximate surface area is 128 Å². The van der Waals surface area contributed by atoms with Gasteiger partial charge in [-0.25, -0.2) is 0 Å². The molecule has 0 radical (unpaired) electrons. The third-order valence-corrected chi connectivity index (χ3v) is 4.46. The van der Waals surface area contributed by atoms with E-state index < -0.39 is 0 Å². The Morgan fingerprint density at radius 1 is 1.48 bits per heavy atom. The van der Waals surface area contributed by atoms with E-state index >= 15 is 0 Å². The van der Waals surface area contributed by atoms with Crippen LogP contribution in [-0.4, -0.2) is 56.2 Å². The first-order valence-electron chi connectivity index (χ1n) is 7.96. The molecule has 1 fully saturated rings. The molecule has 1 aliphatic rings. The van der Waals surface area contributed by atoms with E-state index in [0.29, 0.717) is 6.04 Å². The number of likely N-dealkylation sites (N-methyl/N-ethyl adjacent to an activating group) is 2. The summed E-state index contributed by atoms with van der Waals surface area (Å²) in [7, 11) is 3.86. The first-order chi connectivity index (χ1) is 10.1. The molecule has 2 N–H and O–H groups in total.